The van der Waals surface area contributed by atoms with Crippen LogP contribution in [0.15, 0.2) is 12.2 Å². The highest BCUT2D eigenvalue weighted by atomic mass is 16.1. The molecule has 0 aromatic heterocycles. The molecule has 0 aromatic carbocycles. The van der Waals surface area contributed by atoms with Gasteiger partial charge in [0.15, 0.2) is 0 Å². The largest absolute Gasteiger partial charge is 0.303 e. The lowest BCUT2D eigenvalue weighted by Gasteiger charge is -2.56. The van der Waals surface area contributed by atoms with Crippen LogP contribution in [0.2, 0.25) is 0 Å². The number of hydrogen-bond acceptors (Lipinski definition) is 1. The van der Waals surface area contributed by atoms with Crippen LogP contribution in [0.25, 0.3) is 0 Å². The lowest BCUT2D eigenvalue weighted by Crippen LogP contribution is -2.53. The van der Waals surface area contributed by atoms with Crippen LogP contribution in [0.3, 0.4) is 0 Å². The van der Waals surface area contributed by atoms with Crippen LogP contribution in [-0.2, 0) is 4.79 Å². The van der Waals surface area contributed by atoms with Crippen molar-refractivity contribution >= 4 is 6.29 Å². The molecule has 10 atom stereocenters. The van der Waals surface area contributed by atoms with E-state index in [0.29, 0.717) is 23.7 Å². The van der Waals surface area contributed by atoms with Crippen molar-refractivity contribution in [2.45, 2.75) is 47.0 Å². The molecule has 4 aliphatic rings. The van der Waals surface area contributed by atoms with Crippen molar-refractivity contribution in [1.29, 1.82) is 0 Å². The average Bonchev–Trinajstić information content (AvgIpc) is 3.31. The van der Waals surface area contributed by atoms with E-state index in [4.69, 9.17) is 0 Å². The van der Waals surface area contributed by atoms with E-state index in [9.17, 15) is 4.79 Å². The lowest BCUT2D eigenvalue weighted by molar-refractivity contribution is -0.132. The van der Waals surface area contributed by atoms with E-state index < -0.39 is 0 Å². The summed E-state index contributed by atoms with van der Waals surface area (Å²) in [4.78, 5) is 12.0. The fourth-order valence-electron chi connectivity index (χ4n) is 5.89. The van der Waals surface area contributed by atoms with Crippen molar-refractivity contribution < 1.29 is 4.79 Å². The molecular weight excluding hydrogens is 256 g/mol. The maximum atomic E-state index is 12.0. The van der Waals surface area contributed by atoms with Crippen LogP contribution >= 0.6 is 0 Å². The SMILES string of the molecule is CC1C[C@H]1[C@H]1C[C@@H]1C[C@@H]1[C@H]2C=C[C@H]2[C@@H](C)[C@@H](C)[C@]1(C)C=O. The molecule has 1 heteroatoms. The zero-order chi connectivity index (χ0) is 14.9. The van der Waals surface area contributed by atoms with Gasteiger partial charge in [-0.2, -0.15) is 0 Å². The predicted molar refractivity (Wildman–Crippen MR) is 85.6 cm³/mol. The van der Waals surface area contributed by atoms with Gasteiger partial charge in [0.25, 0.3) is 0 Å². The molecule has 21 heavy (non-hydrogen) atoms. The summed E-state index contributed by atoms with van der Waals surface area (Å²) in [5.74, 6) is 7.16. The van der Waals surface area contributed by atoms with E-state index in [1.54, 1.807) is 0 Å². The Hall–Kier alpha value is -0.590. The third kappa shape index (κ3) is 1.92. The minimum Gasteiger partial charge on any atom is -0.303 e. The van der Waals surface area contributed by atoms with Crippen molar-refractivity contribution in [2.24, 2.45) is 58.7 Å². The van der Waals surface area contributed by atoms with Crippen LogP contribution in [0.4, 0.5) is 0 Å². The fraction of sp³-hybridized carbons (Fsp3) is 0.850. The normalized spacial score (nSPS) is 60.9. The van der Waals surface area contributed by atoms with Gasteiger partial charge in [0.05, 0.1) is 0 Å². The van der Waals surface area contributed by atoms with E-state index in [2.05, 4.69) is 39.8 Å². The average molecular weight is 286 g/mol. The van der Waals surface area contributed by atoms with Crippen molar-refractivity contribution in [3.05, 3.63) is 12.2 Å². The standard InChI is InChI=1S/C20H30O/c1-11-7-17(11)18-8-14(18)9-19-16-6-5-15(16)12(2)13(3)20(19,4)10-21/h5-6,10-19H,7-9H2,1-4H3/t11?,12-,13+,14+,15-,16-,17+,18-,19+,20-/m0/s1. The van der Waals surface area contributed by atoms with Crippen molar-refractivity contribution in [1.82, 2.24) is 0 Å². The Morgan fingerprint density at radius 1 is 1.10 bits per heavy atom. The van der Waals surface area contributed by atoms with Crippen LogP contribution in [0.5, 0.6) is 0 Å². The molecule has 0 bridgehead atoms. The van der Waals surface area contributed by atoms with Gasteiger partial charge in [-0.1, -0.05) is 39.8 Å². The van der Waals surface area contributed by atoms with Gasteiger partial charge < -0.3 is 4.79 Å². The van der Waals surface area contributed by atoms with Crippen molar-refractivity contribution in [2.75, 3.05) is 0 Å². The Bertz CT molecular complexity index is 480. The maximum absolute atomic E-state index is 12.0. The molecule has 0 saturated heterocycles. The second kappa shape index (κ2) is 4.46. The fourth-order valence-corrected chi connectivity index (χ4v) is 5.89. The summed E-state index contributed by atoms with van der Waals surface area (Å²) in [7, 11) is 0. The van der Waals surface area contributed by atoms with Gasteiger partial charge in [-0.25, -0.2) is 0 Å². The van der Waals surface area contributed by atoms with Crippen molar-refractivity contribution in [3.63, 3.8) is 0 Å². The first-order valence-corrected chi connectivity index (χ1v) is 9.12. The van der Waals surface area contributed by atoms with Gasteiger partial charge in [-0.05, 0) is 72.5 Å². The van der Waals surface area contributed by atoms with Gasteiger partial charge >= 0.3 is 0 Å². The number of allylic oxidation sites excluding steroid dienone is 2. The predicted octanol–water partition coefficient (Wildman–Crippen LogP) is 4.58. The third-order valence-corrected chi connectivity index (χ3v) is 8.15. The molecule has 4 rings (SSSR count). The Labute approximate surface area is 129 Å². The minimum absolute atomic E-state index is 0.104. The molecule has 0 amide bonds. The molecule has 0 spiro atoms. The zero-order valence-corrected chi connectivity index (χ0v) is 14.0. The van der Waals surface area contributed by atoms with Crippen molar-refractivity contribution in [3.8, 4) is 0 Å². The monoisotopic (exact) mass is 286 g/mol. The van der Waals surface area contributed by atoms with Gasteiger partial charge in [0.2, 0.25) is 0 Å². The molecule has 0 aliphatic heterocycles. The van der Waals surface area contributed by atoms with E-state index in [-0.39, 0.29) is 5.41 Å². The smallest absolute Gasteiger partial charge is 0.126 e. The first kappa shape index (κ1) is 14.0. The number of fused-ring (bicyclic) bond motifs is 1. The Morgan fingerprint density at radius 2 is 1.76 bits per heavy atom. The summed E-state index contributed by atoms with van der Waals surface area (Å²) in [6, 6.07) is 0. The van der Waals surface area contributed by atoms with E-state index in [1.807, 2.05) is 0 Å². The summed E-state index contributed by atoms with van der Waals surface area (Å²) in [6.45, 7) is 9.34. The van der Waals surface area contributed by atoms with Crippen LogP contribution in [0, 0.1) is 58.7 Å². The van der Waals surface area contributed by atoms with Crippen LogP contribution in [-0.4, -0.2) is 6.29 Å². The number of rotatable bonds is 4. The second-order valence-corrected chi connectivity index (χ2v) is 9.05. The highest BCUT2D eigenvalue weighted by Crippen LogP contribution is 2.64. The molecule has 3 saturated carbocycles. The highest BCUT2D eigenvalue weighted by Gasteiger charge is 2.58. The molecule has 0 N–H and O–H groups in total. The number of aldehydes is 1. The second-order valence-electron chi connectivity index (χ2n) is 9.05. The van der Waals surface area contributed by atoms with Gasteiger partial charge in [-0.15, -0.1) is 0 Å². The van der Waals surface area contributed by atoms with Gasteiger partial charge in [-0.3, -0.25) is 0 Å². The van der Waals surface area contributed by atoms with E-state index in [0.717, 1.165) is 29.6 Å². The molecule has 4 aliphatic carbocycles. The summed E-state index contributed by atoms with van der Waals surface area (Å²) in [5, 5.41) is 0. The topological polar surface area (TPSA) is 17.1 Å². The minimum atomic E-state index is -0.104. The molecule has 1 unspecified atom stereocenters. The Kier molecular flexibility index (Phi) is 2.98. The summed E-state index contributed by atoms with van der Waals surface area (Å²) >= 11 is 0. The van der Waals surface area contributed by atoms with Gasteiger partial charge in [0, 0.05) is 5.41 Å². The highest BCUT2D eigenvalue weighted by molar-refractivity contribution is 5.61. The number of carbonyl (C=O) groups is 1. The third-order valence-electron chi connectivity index (χ3n) is 8.15. The number of hydrogen-bond donors (Lipinski definition) is 0. The lowest BCUT2D eigenvalue weighted by atomic mass is 9.47. The quantitative estimate of drug-likeness (QED) is 0.546. The van der Waals surface area contributed by atoms with Crippen LogP contribution in [0.1, 0.15) is 47.0 Å². The summed E-state index contributed by atoms with van der Waals surface area (Å²) < 4.78 is 0. The molecule has 116 valence electrons. The molecule has 0 aromatic rings. The first-order valence-electron chi connectivity index (χ1n) is 9.12. The first-order chi connectivity index (χ1) is 9.97. The van der Waals surface area contributed by atoms with Crippen LogP contribution < -0.4 is 0 Å². The Morgan fingerprint density at radius 3 is 2.29 bits per heavy atom. The molecular formula is C20H30O. The molecule has 0 radical (unpaired) electrons. The van der Waals surface area contributed by atoms with E-state index >= 15 is 0 Å². The molecule has 1 nitrogen and oxygen atoms in total. The number of carbonyl (C=O) groups excluding carboxylic acids is 1. The molecule has 0 heterocycles. The zero-order valence-electron chi connectivity index (χ0n) is 14.0. The van der Waals surface area contributed by atoms with E-state index in [1.165, 1.54) is 25.5 Å². The summed E-state index contributed by atoms with van der Waals surface area (Å²) in [6.07, 6.45) is 10.4. The maximum Gasteiger partial charge on any atom is 0.126 e. The molecule has 3 fully saturated rings. The summed E-state index contributed by atoms with van der Waals surface area (Å²) in [5.41, 5.74) is -0.104. The van der Waals surface area contributed by atoms with Gasteiger partial charge in [0.1, 0.15) is 6.29 Å². The Balaban J connectivity index is 1.52.